The molecule has 140 valence electrons. The molecule has 0 saturated heterocycles. The van der Waals surface area contributed by atoms with Crippen molar-refractivity contribution < 1.29 is 14.9 Å². The van der Waals surface area contributed by atoms with Crippen molar-refractivity contribution in [2.75, 3.05) is 11.9 Å². The molecule has 2 aromatic carbocycles. The molecule has 7 heteroatoms. The SMILES string of the molecule is Cc1c(Cl)cccc1Nc1nc(O)cc(OCCC(O)c2ccccc2)n1. The fraction of sp³-hybridized carbons (Fsp3) is 0.200. The van der Waals surface area contributed by atoms with E-state index in [1.165, 1.54) is 6.07 Å². The van der Waals surface area contributed by atoms with Gasteiger partial charge < -0.3 is 20.3 Å². The zero-order valence-electron chi connectivity index (χ0n) is 14.8. The van der Waals surface area contributed by atoms with Crippen molar-refractivity contribution in [1.82, 2.24) is 9.97 Å². The molecule has 0 amide bonds. The van der Waals surface area contributed by atoms with E-state index in [-0.39, 0.29) is 24.3 Å². The minimum Gasteiger partial charge on any atom is -0.493 e. The molecule has 1 unspecified atom stereocenters. The first-order chi connectivity index (χ1) is 13.0. The Bertz CT molecular complexity index is 906. The van der Waals surface area contributed by atoms with Crippen LogP contribution in [0.2, 0.25) is 5.02 Å². The van der Waals surface area contributed by atoms with Gasteiger partial charge in [0.1, 0.15) is 0 Å². The number of aromatic hydroxyl groups is 1. The van der Waals surface area contributed by atoms with Gasteiger partial charge in [-0.15, -0.1) is 0 Å². The van der Waals surface area contributed by atoms with Gasteiger partial charge in [0, 0.05) is 17.1 Å². The smallest absolute Gasteiger partial charge is 0.233 e. The molecule has 0 saturated carbocycles. The maximum atomic E-state index is 10.2. The van der Waals surface area contributed by atoms with E-state index in [9.17, 15) is 10.2 Å². The molecule has 3 N–H and O–H groups in total. The maximum Gasteiger partial charge on any atom is 0.233 e. The molecule has 0 aliphatic heterocycles. The highest BCUT2D eigenvalue weighted by molar-refractivity contribution is 6.31. The quantitative estimate of drug-likeness (QED) is 0.559. The molecule has 27 heavy (non-hydrogen) atoms. The third-order valence-corrected chi connectivity index (χ3v) is 4.44. The van der Waals surface area contributed by atoms with E-state index in [1.807, 2.05) is 49.4 Å². The summed E-state index contributed by atoms with van der Waals surface area (Å²) < 4.78 is 5.57. The molecule has 0 bridgehead atoms. The first kappa shape index (κ1) is 18.9. The number of rotatable bonds is 7. The zero-order chi connectivity index (χ0) is 19.2. The second kappa shape index (κ2) is 8.70. The number of nitrogens with zero attached hydrogens (tertiary/aromatic N) is 2. The van der Waals surface area contributed by atoms with Crippen LogP contribution in [0.3, 0.4) is 0 Å². The van der Waals surface area contributed by atoms with Crippen LogP contribution in [0.1, 0.15) is 23.7 Å². The molecule has 0 radical (unpaired) electrons. The van der Waals surface area contributed by atoms with Crippen LogP contribution < -0.4 is 10.1 Å². The Hall–Kier alpha value is -2.83. The van der Waals surface area contributed by atoms with Crippen LogP contribution in [0.5, 0.6) is 11.8 Å². The number of halogens is 1. The summed E-state index contributed by atoms with van der Waals surface area (Å²) >= 11 is 6.11. The van der Waals surface area contributed by atoms with E-state index >= 15 is 0 Å². The molecule has 1 aromatic heterocycles. The van der Waals surface area contributed by atoms with Gasteiger partial charge in [-0.2, -0.15) is 9.97 Å². The molecule has 1 heterocycles. The van der Waals surface area contributed by atoms with Gasteiger partial charge in [0.2, 0.25) is 17.7 Å². The predicted molar refractivity (Wildman–Crippen MR) is 105 cm³/mol. The standard InChI is InChI=1S/C20H20ClN3O3/c1-13-15(21)8-5-9-16(13)22-20-23-18(26)12-19(24-20)27-11-10-17(25)14-6-3-2-4-7-14/h2-9,12,17,25H,10-11H2,1H3,(H2,22,23,24,26). The Morgan fingerprint density at radius 3 is 2.67 bits per heavy atom. The fourth-order valence-corrected chi connectivity index (χ4v) is 2.70. The lowest BCUT2D eigenvalue weighted by atomic mass is 10.1. The Morgan fingerprint density at radius 1 is 1.11 bits per heavy atom. The largest absolute Gasteiger partial charge is 0.493 e. The van der Waals surface area contributed by atoms with Crippen molar-refractivity contribution >= 4 is 23.2 Å². The molecule has 3 rings (SSSR count). The third kappa shape index (κ3) is 5.09. The van der Waals surface area contributed by atoms with Gasteiger partial charge in [0.15, 0.2) is 0 Å². The first-order valence-corrected chi connectivity index (χ1v) is 8.86. The number of aliphatic hydroxyl groups excluding tert-OH is 1. The molecule has 0 aliphatic carbocycles. The Kier molecular flexibility index (Phi) is 6.11. The van der Waals surface area contributed by atoms with Crippen molar-refractivity contribution in [3.8, 4) is 11.8 Å². The normalized spacial score (nSPS) is 11.8. The minimum atomic E-state index is -0.631. The van der Waals surface area contributed by atoms with Crippen LogP contribution in [0, 0.1) is 6.92 Å². The average molecular weight is 386 g/mol. The fourth-order valence-electron chi connectivity index (χ4n) is 2.52. The summed E-state index contributed by atoms with van der Waals surface area (Å²) in [6.07, 6.45) is -0.237. The second-order valence-corrected chi connectivity index (χ2v) is 6.40. The first-order valence-electron chi connectivity index (χ1n) is 8.49. The maximum absolute atomic E-state index is 10.2. The Morgan fingerprint density at radius 2 is 1.89 bits per heavy atom. The predicted octanol–water partition coefficient (Wildman–Crippen LogP) is 4.39. The van der Waals surface area contributed by atoms with Gasteiger partial charge in [0.25, 0.3) is 0 Å². The second-order valence-electron chi connectivity index (χ2n) is 5.99. The summed E-state index contributed by atoms with van der Waals surface area (Å²) in [4.78, 5) is 8.19. The Labute approximate surface area is 162 Å². The summed E-state index contributed by atoms with van der Waals surface area (Å²) in [5.74, 6) is 0.190. The van der Waals surface area contributed by atoms with E-state index in [1.54, 1.807) is 6.07 Å². The van der Waals surface area contributed by atoms with Crippen LogP contribution in [-0.2, 0) is 0 Å². The van der Waals surface area contributed by atoms with Crippen LogP contribution in [0.25, 0.3) is 0 Å². The number of anilines is 2. The summed E-state index contributed by atoms with van der Waals surface area (Å²) in [5, 5.41) is 23.6. The zero-order valence-corrected chi connectivity index (χ0v) is 15.5. The van der Waals surface area contributed by atoms with E-state index in [0.29, 0.717) is 11.4 Å². The summed E-state index contributed by atoms with van der Waals surface area (Å²) in [6, 6.07) is 16.1. The number of aromatic nitrogens is 2. The average Bonchev–Trinajstić information content (AvgIpc) is 2.66. The van der Waals surface area contributed by atoms with Crippen molar-refractivity contribution in [3.05, 3.63) is 70.7 Å². The highest BCUT2D eigenvalue weighted by atomic mass is 35.5. The van der Waals surface area contributed by atoms with Crippen molar-refractivity contribution in [1.29, 1.82) is 0 Å². The molecule has 6 nitrogen and oxygen atoms in total. The van der Waals surface area contributed by atoms with E-state index in [2.05, 4.69) is 15.3 Å². The lowest BCUT2D eigenvalue weighted by molar-refractivity contribution is 0.139. The van der Waals surface area contributed by atoms with E-state index in [4.69, 9.17) is 16.3 Å². The third-order valence-electron chi connectivity index (χ3n) is 4.03. The molecule has 0 spiro atoms. The summed E-state index contributed by atoms with van der Waals surface area (Å²) in [7, 11) is 0. The van der Waals surface area contributed by atoms with Crippen LogP contribution in [0.15, 0.2) is 54.6 Å². The highest BCUT2D eigenvalue weighted by Gasteiger charge is 2.10. The number of hydrogen-bond donors (Lipinski definition) is 3. The minimum absolute atomic E-state index is 0.193. The highest BCUT2D eigenvalue weighted by Crippen LogP contribution is 2.26. The van der Waals surface area contributed by atoms with Crippen LogP contribution >= 0.6 is 11.6 Å². The van der Waals surface area contributed by atoms with Crippen LogP contribution in [0.4, 0.5) is 11.6 Å². The van der Waals surface area contributed by atoms with Gasteiger partial charge in [-0.3, -0.25) is 0 Å². The van der Waals surface area contributed by atoms with Gasteiger partial charge in [-0.25, -0.2) is 0 Å². The molecular formula is C20H20ClN3O3. The lowest BCUT2D eigenvalue weighted by Gasteiger charge is -2.13. The molecule has 0 fully saturated rings. The number of ether oxygens (including phenoxy) is 1. The van der Waals surface area contributed by atoms with E-state index in [0.717, 1.165) is 16.8 Å². The molecular weight excluding hydrogens is 366 g/mol. The van der Waals surface area contributed by atoms with Crippen molar-refractivity contribution in [2.24, 2.45) is 0 Å². The molecule has 1 atom stereocenters. The monoisotopic (exact) mass is 385 g/mol. The molecule has 3 aromatic rings. The van der Waals surface area contributed by atoms with E-state index < -0.39 is 6.10 Å². The Balaban J connectivity index is 1.64. The number of benzene rings is 2. The molecule has 0 aliphatic rings. The topological polar surface area (TPSA) is 87.5 Å². The summed E-state index contributed by atoms with van der Waals surface area (Å²) in [5.41, 5.74) is 2.41. The number of aliphatic hydroxyl groups is 1. The van der Waals surface area contributed by atoms with Crippen molar-refractivity contribution in [3.63, 3.8) is 0 Å². The lowest BCUT2D eigenvalue weighted by Crippen LogP contribution is -2.07. The van der Waals surface area contributed by atoms with Gasteiger partial charge in [-0.1, -0.05) is 48.0 Å². The summed E-state index contributed by atoms with van der Waals surface area (Å²) in [6.45, 7) is 2.11. The van der Waals surface area contributed by atoms with Gasteiger partial charge in [-0.05, 0) is 30.2 Å². The van der Waals surface area contributed by atoms with Gasteiger partial charge >= 0.3 is 0 Å². The number of hydrogen-bond acceptors (Lipinski definition) is 6. The number of nitrogens with one attached hydrogen (secondary N) is 1. The van der Waals surface area contributed by atoms with Crippen molar-refractivity contribution in [2.45, 2.75) is 19.4 Å². The van der Waals surface area contributed by atoms with Gasteiger partial charge in [0.05, 0.1) is 18.8 Å². The van der Waals surface area contributed by atoms with Crippen LogP contribution in [-0.4, -0.2) is 26.8 Å².